The van der Waals surface area contributed by atoms with E-state index in [9.17, 15) is 9.59 Å². The molecular formula is C19H22Cl2N2O3. The molecule has 1 aromatic rings. The molecule has 7 heteroatoms. The van der Waals surface area contributed by atoms with Crippen molar-refractivity contribution < 1.29 is 14.3 Å². The number of halogens is 2. The zero-order chi connectivity index (χ0) is 18.5. The lowest BCUT2D eigenvalue weighted by atomic mass is 9.95. The lowest BCUT2D eigenvalue weighted by Gasteiger charge is -2.35. The number of piperidine rings is 1. The third-order valence-electron chi connectivity index (χ3n) is 4.84. The molecule has 0 aromatic heterocycles. The molecule has 0 aliphatic carbocycles. The van der Waals surface area contributed by atoms with Crippen LogP contribution in [0.2, 0.25) is 10.0 Å². The van der Waals surface area contributed by atoms with Crippen LogP contribution in [-0.2, 0) is 14.3 Å². The number of ether oxygens (including phenoxy) is 1. The van der Waals surface area contributed by atoms with Gasteiger partial charge in [-0.1, -0.05) is 23.2 Å². The van der Waals surface area contributed by atoms with E-state index in [2.05, 4.69) is 0 Å². The SMILES string of the molecule is O=C(/C=C/c1cc(Cl)ccc1Cl)N1CCC(C(=O)N2CCOCC2)CC1. The molecule has 0 unspecified atom stereocenters. The summed E-state index contributed by atoms with van der Waals surface area (Å²) < 4.78 is 5.29. The van der Waals surface area contributed by atoms with Gasteiger partial charge < -0.3 is 14.5 Å². The molecule has 5 nitrogen and oxygen atoms in total. The van der Waals surface area contributed by atoms with E-state index < -0.39 is 0 Å². The van der Waals surface area contributed by atoms with Crippen LogP contribution in [0.4, 0.5) is 0 Å². The van der Waals surface area contributed by atoms with Gasteiger partial charge in [-0.2, -0.15) is 0 Å². The van der Waals surface area contributed by atoms with E-state index in [1.54, 1.807) is 29.2 Å². The van der Waals surface area contributed by atoms with Crippen LogP contribution in [0.5, 0.6) is 0 Å². The molecule has 26 heavy (non-hydrogen) atoms. The van der Waals surface area contributed by atoms with Gasteiger partial charge in [0.15, 0.2) is 0 Å². The lowest BCUT2D eigenvalue weighted by molar-refractivity contribution is -0.142. The molecule has 2 heterocycles. The minimum atomic E-state index is -0.0710. The van der Waals surface area contributed by atoms with E-state index in [1.165, 1.54) is 6.08 Å². The summed E-state index contributed by atoms with van der Waals surface area (Å²) >= 11 is 12.1. The fraction of sp³-hybridized carbons (Fsp3) is 0.474. The summed E-state index contributed by atoms with van der Waals surface area (Å²) in [6.45, 7) is 3.74. The van der Waals surface area contributed by atoms with Crippen molar-refractivity contribution in [1.82, 2.24) is 9.80 Å². The van der Waals surface area contributed by atoms with Gasteiger partial charge in [0.1, 0.15) is 0 Å². The molecule has 0 spiro atoms. The first kappa shape index (κ1) is 19.2. The van der Waals surface area contributed by atoms with Gasteiger partial charge in [-0.25, -0.2) is 0 Å². The summed E-state index contributed by atoms with van der Waals surface area (Å²) in [5, 5.41) is 1.12. The number of rotatable bonds is 3. The van der Waals surface area contributed by atoms with E-state index in [0.717, 1.165) is 0 Å². The van der Waals surface area contributed by atoms with Crippen LogP contribution < -0.4 is 0 Å². The Kier molecular flexibility index (Phi) is 6.57. The predicted octanol–water partition coefficient (Wildman–Crippen LogP) is 3.10. The van der Waals surface area contributed by atoms with Crippen LogP contribution in [0.1, 0.15) is 18.4 Å². The Morgan fingerprint density at radius 1 is 1.04 bits per heavy atom. The fourth-order valence-electron chi connectivity index (χ4n) is 3.30. The number of benzene rings is 1. The number of carbonyl (C=O) groups excluding carboxylic acids is 2. The molecule has 0 atom stereocenters. The molecule has 2 aliphatic heterocycles. The second-order valence-electron chi connectivity index (χ2n) is 6.54. The maximum Gasteiger partial charge on any atom is 0.246 e. The summed E-state index contributed by atoms with van der Waals surface area (Å²) in [6.07, 6.45) is 4.60. The average Bonchev–Trinajstić information content (AvgIpc) is 2.68. The molecule has 140 valence electrons. The van der Waals surface area contributed by atoms with Crippen molar-refractivity contribution >= 4 is 41.1 Å². The van der Waals surface area contributed by atoms with Crippen molar-refractivity contribution in [1.29, 1.82) is 0 Å². The van der Waals surface area contributed by atoms with Crippen LogP contribution >= 0.6 is 23.2 Å². The zero-order valence-electron chi connectivity index (χ0n) is 14.5. The quantitative estimate of drug-likeness (QED) is 0.737. The van der Waals surface area contributed by atoms with E-state index in [4.69, 9.17) is 27.9 Å². The number of likely N-dealkylation sites (tertiary alicyclic amines) is 1. The lowest BCUT2D eigenvalue weighted by Crippen LogP contribution is -2.47. The van der Waals surface area contributed by atoms with Crippen molar-refractivity contribution in [2.45, 2.75) is 12.8 Å². The van der Waals surface area contributed by atoms with Crippen molar-refractivity contribution in [3.63, 3.8) is 0 Å². The first-order valence-corrected chi connectivity index (χ1v) is 9.59. The number of hydrogen-bond donors (Lipinski definition) is 0. The van der Waals surface area contributed by atoms with Gasteiger partial charge in [0.25, 0.3) is 0 Å². The van der Waals surface area contributed by atoms with Gasteiger partial charge in [-0.05, 0) is 42.7 Å². The summed E-state index contributed by atoms with van der Waals surface area (Å²) in [7, 11) is 0. The molecular weight excluding hydrogens is 375 g/mol. The Balaban J connectivity index is 1.52. The third kappa shape index (κ3) is 4.78. The van der Waals surface area contributed by atoms with Gasteiger partial charge in [0.05, 0.1) is 13.2 Å². The van der Waals surface area contributed by atoms with Crippen LogP contribution in [0.25, 0.3) is 6.08 Å². The molecule has 2 saturated heterocycles. The van der Waals surface area contributed by atoms with Gasteiger partial charge in [0, 0.05) is 48.2 Å². The van der Waals surface area contributed by atoms with Crippen LogP contribution in [0, 0.1) is 5.92 Å². The molecule has 2 aliphatic rings. The fourth-order valence-corrected chi connectivity index (χ4v) is 3.66. The highest BCUT2D eigenvalue weighted by Crippen LogP contribution is 2.23. The maximum atomic E-state index is 12.5. The highest BCUT2D eigenvalue weighted by atomic mass is 35.5. The number of nitrogens with zero attached hydrogens (tertiary/aromatic N) is 2. The second-order valence-corrected chi connectivity index (χ2v) is 7.38. The topological polar surface area (TPSA) is 49.9 Å². The van der Waals surface area contributed by atoms with Crippen LogP contribution in [0.3, 0.4) is 0 Å². The van der Waals surface area contributed by atoms with E-state index in [0.29, 0.717) is 67.8 Å². The van der Waals surface area contributed by atoms with Gasteiger partial charge in [0.2, 0.25) is 11.8 Å². The largest absolute Gasteiger partial charge is 0.378 e. The van der Waals surface area contributed by atoms with E-state index >= 15 is 0 Å². The normalized spacial score (nSPS) is 19.2. The summed E-state index contributed by atoms with van der Waals surface area (Å²) in [5.41, 5.74) is 0.713. The number of amides is 2. The molecule has 3 rings (SSSR count). The van der Waals surface area contributed by atoms with Gasteiger partial charge >= 0.3 is 0 Å². The van der Waals surface area contributed by atoms with Gasteiger partial charge in [-0.15, -0.1) is 0 Å². The second kappa shape index (κ2) is 8.89. The van der Waals surface area contributed by atoms with Crippen molar-refractivity contribution in [2.24, 2.45) is 5.92 Å². The number of hydrogen-bond acceptors (Lipinski definition) is 3. The summed E-state index contributed by atoms with van der Waals surface area (Å²) in [5.74, 6) is 0.128. The molecule has 2 amide bonds. The Morgan fingerprint density at radius 2 is 1.73 bits per heavy atom. The maximum absolute atomic E-state index is 12.5. The predicted molar refractivity (Wildman–Crippen MR) is 102 cm³/mol. The van der Waals surface area contributed by atoms with E-state index in [1.807, 2.05) is 4.90 Å². The Labute approximate surface area is 163 Å². The molecule has 0 saturated carbocycles. The minimum Gasteiger partial charge on any atom is -0.378 e. The van der Waals surface area contributed by atoms with Crippen LogP contribution in [0.15, 0.2) is 24.3 Å². The molecule has 1 aromatic carbocycles. The number of carbonyl (C=O) groups is 2. The first-order valence-electron chi connectivity index (χ1n) is 8.83. The monoisotopic (exact) mass is 396 g/mol. The zero-order valence-corrected chi connectivity index (χ0v) is 16.0. The highest BCUT2D eigenvalue weighted by Gasteiger charge is 2.30. The Bertz CT molecular complexity index is 694. The van der Waals surface area contributed by atoms with Crippen molar-refractivity contribution in [3.8, 4) is 0 Å². The standard InChI is InChI=1S/C19H22Cl2N2O3/c20-16-2-3-17(21)15(13-16)1-4-18(24)22-7-5-14(6-8-22)19(25)23-9-11-26-12-10-23/h1-4,13-14H,5-12H2/b4-1+. The van der Waals surface area contributed by atoms with Crippen LogP contribution in [-0.4, -0.2) is 61.0 Å². The molecule has 0 radical (unpaired) electrons. The van der Waals surface area contributed by atoms with Crippen molar-refractivity contribution in [3.05, 3.63) is 39.9 Å². The molecule has 0 bridgehead atoms. The smallest absolute Gasteiger partial charge is 0.246 e. The Morgan fingerprint density at radius 3 is 2.42 bits per heavy atom. The van der Waals surface area contributed by atoms with Gasteiger partial charge in [-0.3, -0.25) is 9.59 Å². The average molecular weight is 397 g/mol. The molecule has 0 N–H and O–H groups in total. The number of morpholine rings is 1. The first-order chi connectivity index (χ1) is 12.5. The van der Waals surface area contributed by atoms with Crippen molar-refractivity contribution in [2.75, 3.05) is 39.4 Å². The summed E-state index contributed by atoms with van der Waals surface area (Å²) in [4.78, 5) is 28.6. The van der Waals surface area contributed by atoms with E-state index in [-0.39, 0.29) is 17.7 Å². The summed E-state index contributed by atoms with van der Waals surface area (Å²) in [6, 6.07) is 5.14. The minimum absolute atomic E-state index is 0.00324. The highest BCUT2D eigenvalue weighted by molar-refractivity contribution is 6.34. The molecule has 2 fully saturated rings. The third-order valence-corrected chi connectivity index (χ3v) is 5.42. The Hall–Kier alpha value is -1.56.